The summed E-state index contributed by atoms with van der Waals surface area (Å²) in [5.41, 5.74) is 2.67. The predicted octanol–water partition coefficient (Wildman–Crippen LogP) is 5.36. The highest BCUT2D eigenvalue weighted by Crippen LogP contribution is 2.33. The maximum atomic E-state index is 14.2. The second-order valence-electron chi connectivity index (χ2n) is 10.8. The van der Waals surface area contributed by atoms with Crippen LogP contribution in [0.5, 0.6) is 11.5 Å². The van der Waals surface area contributed by atoms with E-state index < -0.39 is 28.5 Å². The Morgan fingerprint density at radius 3 is 2.14 bits per heavy atom. The minimum Gasteiger partial charge on any atom is -0.493 e. The van der Waals surface area contributed by atoms with Crippen LogP contribution in [0, 0.1) is 19.8 Å². The van der Waals surface area contributed by atoms with Crippen LogP contribution in [-0.4, -0.2) is 58.5 Å². The molecule has 3 aromatic rings. The molecule has 0 bridgehead atoms. The molecule has 0 radical (unpaired) electrons. The van der Waals surface area contributed by atoms with E-state index in [2.05, 4.69) is 5.32 Å². The molecule has 3 rings (SSSR count). The number of ether oxygens (including phenoxy) is 2. The molecular weight excluding hydrogens is 590 g/mol. The number of rotatable bonds is 13. The molecule has 0 spiro atoms. The largest absolute Gasteiger partial charge is 0.493 e. The first-order valence-corrected chi connectivity index (χ1v) is 15.7. The zero-order valence-corrected chi connectivity index (χ0v) is 27.3. The molecule has 0 fully saturated rings. The van der Waals surface area contributed by atoms with E-state index in [1.54, 1.807) is 43.3 Å². The van der Waals surface area contributed by atoms with Crippen LogP contribution in [0.15, 0.2) is 65.6 Å². The average Bonchev–Trinajstić information content (AvgIpc) is 2.95. The first-order valence-electron chi connectivity index (χ1n) is 13.9. The number of methoxy groups -OCH3 is 2. The summed E-state index contributed by atoms with van der Waals surface area (Å²) in [7, 11) is -1.42. The van der Waals surface area contributed by atoms with E-state index in [1.165, 1.54) is 37.3 Å². The van der Waals surface area contributed by atoms with Crippen molar-refractivity contribution in [3.8, 4) is 11.5 Å². The number of sulfonamides is 1. The summed E-state index contributed by atoms with van der Waals surface area (Å²) in [6.07, 6.45) is 0. The first-order chi connectivity index (χ1) is 20.3. The molecule has 9 nitrogen and oxygen atoms in total. The number of aryl methyl sites for hydroxylation is 2. The summed E-state index contributed by atoms with van der Waals surface area (Å²) in [5, 5.41) is 3.36. The fraction of sp³-hybridized carbons (Fsp3) is 0.375. The van der Waals surface area contributed by atoms with E-state index in [1.807, 2.05) is 33.8 Å². The van der Waals surface area contributed by atoms with Crippen molar-refractivity contribution in [2.45, 2.75) is 52.1 Å². The van der Waals surface area contributed by atoms with Crippen LogP contribution < -0.4 is 19.1 Å². The van der Waals surface area contributed by atoms with E-state index in [-0.39, 0.29) is 29.0 Å². The van der Waals surface area contributed by atoms with E-state index >= 15 is 0 Å². The van der Waals surface area contributed by atoms with Crippen molar-refractivity contribution in [2.75, 3.05) is 31.6 Å². The zero-order valence-electron chi connectivity index (χ0n) is 25.7. The van der Waals surface area contributed by atoms with Gasteiger partial charge in [0.1, 0.15) is 12.6 Å². The molecule has 232 valence electrons. The van der Waals surface area contributed by atoms with Gasteiger partial charge in [0.2, 0.25) is 11.8 Å². The molecule has 0 heterocycles. The summed E-state index contributed by atoms with van der Waals surface area (Å²) in [6, 6.07) is 15.7. The van der Waals surface area contributed by atoms with Gasteiger partial charge in [-0.3, -0.25) is 13.9 Å². The maximum absolute atomic E-state index is 14.2. The van der Waals surface area contributed by atoms with Gasteiger partial charge in [-0.1, -0.05) is 43.6 Å². The number of nitrogens with zero attached hydrogens (tertiary/aromatic N) is 2. The maximum Gasteiger partial charge on any atom is 0.264 e. The lowest BCUT2D eigenvalue weighted by atomic mass is 10.1. The van der Waals surface area contributed by atoms with Gasteiger partial charge < -0.3 is 19.7 Å². The molecule has 0 saturated carbocycles. The molecular formula is C32H40ClN3O6S. The molecule has 0 aromatic heterocycles. The van der Waals surface area contributed by atoms with Crippen LogP contribution in [0.3, 0.4) is 0 Å². The molecule has 1 N–H and O–H groups in total. The third kappa shape index (κ3) is 8.64. The van der Waals surface area contributed by atoms with Gasteiger partial charge in [-0.25, -0.2) is 8.42 Å². The highest BCUT2D eigenvalue weighted by molar-refractivity contribution is 7.92. The van der Waals surface area contributed by atoms with E-state index in [0.29, 0.717) is 28.6 Å². The average molecular weight is 630 g/mol. The zero-order chi connectivity index (χ0) is 31.9. The van der Waals surface area contributed by atoms with Crippen molar-refractivity contribution in [3.05, 3.63) is 82.4 Å². The fourth-order valence-electron chi connectivity index (χ4n) is 4.59. The van der Waals surface area contributed by atoms with Gasteiger partial charge >= 0.3 is 0 Å². The van der Waals surface area contributed by atoms with Gasteiger partial charge in [-0.15, -0.1) is 0 Å². The van der Waals surface area contributed by atoms with Gasteiger partial charge in [0.15, 0.2) is 11.5 Å². The Kier molecular flexibility index (Phi) is 11.5. The number of anilines is 1. The first kappa shape index (κ1) is 33.7. The van der Waals surface area contributed by atoms with Crippen molar-refractivity contribution in [3.63, 3.8) is 0 Å². The van der Waals surface area contributed by atoms with Crippen LogP contribution in [0.4, 0.5) is 5.69 Å². The third-order valence-electron chi connectivity index (χ3n) is 6.81. The van der Waals surface area contributed by atoms with Gasteiger partial charge in [0, 0.05) is 24.2 Å². The number of halogens is 1. The number of carbonyl (C=O) groups excluding carboxylic acids is 2. The number of nitrogens with one attached hydrogen (secondary N) is 1. The Morgan fingerprint density at radius 1 is 0.907 bits per heavy atom. The number of carbonyl (C=O) groups is 2. The Bertz CT molecular complexity index is 1540. The minimum absolute atomic E-state index is 0.0484. The summed E-state index contributed by atoms with van der Waals surface area (Å²) in [6.45, 7) is 9.21. The molecule has 0 aliphatic rings. The second kappa shape index (κ2) is 14.6. The quantitative estimate of drug-likeness (QED) is 0.273. The lowest BCUT2D eigenvalue weighted by Gasteiger charge is -2.32. The van der Waals surface area contributed by atoms with E-state index in [0.717, 1.165) is 15.4 Å². The molecule has 0 saturated heterocycles. The van der Waals surface area contributed by atoms with Gasteiger partial charge in [0.05, 0.1) is 24.8 Å². The Balaban J connectivity index is 2.09. The minimum atomic E-state index is -4.29. The summed E-state index contributed by atoms with van der Waals surface area (Å²) < 4.78 is 40.2. The summed E-state index contributed by atoms with van der Waals surface area (Å²) in [4.78, 5) is 28.6. The highest BCUT2D eigenvalue weighted by Gasteiger charge is 2.33. The van der Waals surface area contributed by atoms with Gasteiger partial charge in [-0.05, 0) is 79.8 Å². The van der Waals surface area contributed by atoms with Crippen molar-refractivity contribution >= 4 is 39.1 Å². The Morgan fingerprint density at radius 2 is 1.56 bits per heavy atom. The van der Waals surface area contributed by atoms with Crippen molar-refractivity contribution in [1.82, 2.24) is 10.2 Å². The fourth-order valence-corrected chi connectivity index (χ4v) is 6.22. The second-order valence-corrected chi connectivity index (χ2v) is 13.1. The lowest BCUT2D eigenvalue weighted by Crippen LogP contribution is -2.51. The lowest BCUT2D eigenvalue weighted by molar-refractivity contribution is -0.139. The van der Waals surface area contributed by atoms with E-state index in [4.69, 9.17) is 21.1 Å². The molecule has 0 aliphatic heterocycles. The van der Waals surface area contributed by atoms with Crippen LogP contribution in [-0.2, 0) is 26.2 Å². The monoisotopic (exact) mass is 629 g/mol. The Labute approximate surface area is 259 Å². The molecule has 11 heteroatoms. The van der Waals surface area contributed by atoms with Gasteiger partial charge in [-0.2, -0.15) is 0 Å². The Hall–Kier alpha value is -3.76. The van der Waals surface area contributed by atoms with Crippen LogP contribution in [0.1, 0.15) is 37.5 Å². The summed E-state index contributed by atoms with van der Waals surface area (Å²) in [5.74, 6) is -0.0993. The van der Waals surface area contributed by atoms with E-state index in [9.17, 15) is 18.0 Å². The van der Waals surface area contributed by atoms with Crippen LogP contribution >= 0.6 is 11.6 Å². The normalized spacial score (nSPS) is 12.0. The standard InChI is InChI=1S/C32H40ClN3O6S/c1-21(2)18-34-32(38)24(5)35(19-25-9-8-10-26(33)16-25)31(37)20-36(27-14-22(3)13-23(4)15-27)43(39,40)28-11-12-29(41-6)30(17-28)42-7/h8-17,21,24H,18-20H2,1-7H3,(H,34,38)/t24-/m1/s1. The number of hydrogen-bond donors (Lipinski definition) is 1. The molecule has 0 unspecified atom stereocenters. The highest BCUT2D eigenvalue weighted by atomic mass is 35.5. The van der Waals surface area contributed by atoms with Crippen LogP contribution in [0.25, 0.3) is 0 Å². The summed E-state index contributed by atoms with van der Waals surface area (Å²) >= 11 is 6.21. The molecule has 1 atom stereocenters. The van der Waals surface area contributed by atoms with Crippen molar-refractivity contribution < 1.29 is 27.5 Å². The molecule has 0 aliphatic carbocycles. The predicted molar refractivity (Wildman–Crippen MR) is 169 cm³/mol. The number of benzene rings is 3. The number of hydrogen-bond acceptors (Lipinski definition) is 6. The molecule has 43 heavy (non-hydrogen) atoms. The van der Waals surface area contributed by atoms with Crippen LogP contribution in [0.2, 0.25) is 5.02 Å². The number of amides is 2. The van der Waals surface area contributed by atoms with Crippen molar-refractivity contribution in [2.24, 2.45) is 5.92 Å². The topological polar surface area (TPSA) is 105 Å². The third-order valence-corrected chi connectivity index (χ3v) is 8.82. The SMILES string of the molecule is COc1ccc(S(=O)(=O)N(CC(=O)N(Cc2cccc(Cl)c2)[C@H](C)C(=O)NCC(C)C)c2cc(C)cc(C)c2)cc1OC. The molecule has 3 aromatic carbocycles. The molecule has 2 amide bonds. The van der Waals surface area contributed by atoms with Crippen molar-refractivity contribution in [1.29, 1.82) is 0 Å². The smallest absolute Gasteiger partial charge is 0.264 e. The van der Waals surface area contributed by atoms with Gasteiger partial charge in [0.25, 0.3) is 10.0 Å².